The third kappa shape index (κ3) is 2.61. The van der Waals surface area contributed by atoms with Gasteiger partial charge in [0.05, 0.1) is 0 Å². The maximum absolute atomic E-state index is 12.2. The molecule has 5 heteroatoms. The Hall–Kier alpha value is -2.04. The van der Waals surface area contributed by atoms with Crippen LogP contribution in [-0.4, -0.2) is 34.1 Å². The molecule has 0 saturated carbocycles. The van der Waals surface area contributed by atoms with Crippen LogP contribution in [0.1, 0.15) is 30.9 Å². The molecule has 5 nitrogen and oxygen atoms in total. The number of carboxylic acids is 1. The lowest BCUT2D eigenvalue weighted by Gasteiger charge is -2.31. The Morgan fingerprint density at radius 3 is 2.75 bits per heavy atom. The van der Waals surface area contributed by atoms with Crippen LogP contribution in [0.4, 0.5) is 4.79 Å². The smallest absolute Gasteiger partial charge is 0.329 e. The third-order valence-corrected chi connectivity index (χ3v) is 4.04. The average Bonchev–Trinajstić information content (AvgIpc) is 2.81. The summed E-state index contributed by atoms with van der Waals surface area (Å²) in [4.78, 5) is 25.0. The minimum absolute atomic E-state index is 0.310. The van der Waals surface area contributed by atoms with E-state index in [1.807, 2.05) is 31.2 Å². The van der Waals surface area contributed by atoms with Gasteiger partial charge in [0.1, 0.15) is 5.54 Å². The van der Waals surface area contributed by atoms with Gasteiger partial charge in [-0.1, -0.05) is 24.3 Å². The van der Waals surface area contributed by atoms with Crippen LogP contribution >= 0.6 is 0 Å². The largest absolute Gasteiger partial charge is 0.480 e. The molecule has 1 aromatic carbocycles. The molecule has 0 aliphatic carbocycles. The number of aryl methyl sites for hydroxylation is 1. The van der Waals surface area contributed by atoms with E-state index in [1.54, 1.807) is 6.92 Å². The summed E-state index contributed by atoms with van der Waals surface area (Å²) in [5, 5.41) is 12.1. The van der Waals surface area contributed by atoms with Crippen LogP contribution < -0.4 is 5.32 Å². The first-order chi connectivity index (χ1) is 9.45. The Bertz CT molecular complexity index is 530. The average molecular weight is 276 g/mol. The Morgan fingerprint density at radius 2 is 2.10 bits per heavy atom. The lowest BCUT2D eigenvalue weighted by molar-refractivity contribution is -0.147. The van der Waals surface area contributed by atoms with Gasteiger partial charge in [-0.3, -0.25) is 0 Å². The molecular weight excluding hydrogens is 256 g/mol. The van der Waals surface area contributed by atoms with Crippen LogP contribution in [0, 0.1) is 6.92 Å². The first kappa shape index (κ1) is 14.4. The highest BCUT2D eigenvalue weighted by Gasteiger charge is 2.45. The number of carboxylic acid groups (broad SMARTS) is 1. The van der Waals surface area contributed by atoms with Crippen molar-refractivity contribution >= 4 is 12.0 Å². The van der Waals surface area contributed by atoms with Gasteiger partial charge in [0.25, 0.3) is 0 Å². The fourth-order valence-corrected chi connectivity index (χ4v) is 2.59. The summed E-state index contributed by atoms with van der Waals surface area (Å²) in [6, 6.07) is 7.50. The van der Waals surface area contributed by atoms with Gasteiger partial charge in [0.2, 0.25) is 0 Å². The van der Waals surface area contributed by atoms with E-state index in [2.05, 4.69) is 5.32 Å². The molecule has 1 aliphatic heterocycles. The fourth-order valence-electron chi connectivity index (χ4n) is 2.59. The van der Waals surface area contributed by atoms with E-state index in [0.717, 1.165) is 17.5 Å². The minimum atomic E-state index is -1.09. The number of nitrogens with one attached hydrogen (secondary N) is 1. The van der Waals surface area contributed by atoms with E-state index in [1.165, 1.54) is 4.90 Å². The number of carbonyl (C=O) groups is 2. The summed E-state index contributed by atoms with van der Waals surface area (Å²) in [5.74, 6) is -0.943. The van der Waals surface area contributed by atoms with Crippen molar-refractivity contribution < 1.29 is 14.7 Å². The van der Waals surface area contributed by atoms with Gasteiger partial charge in [-0.25, -0.2) is 9.59 Å². The first-order valence-corrected chi connectivity index (χ1v) is 6.78. The summed E-state index contributed by atoms with van der Waals surface area (Å²) in [6.45, 7) is 4.49. The highest BCUT2D eigenvalue weighted by molar-refractivity contribution is 5.86. The lowest BCUT2D eigenvalue weighted by atomic mass is 10.00. The van der Waals surface area contributed by atoms with Gasteiger partial charge in [0, 0.05) is 13.1 Å². The number of carbonyl (C=O) groups excluding carboxylic acids is 1. The molecule has 1 saturated heterocycles. The number of hydrogen-bond acceptors (Lipinski definition) is 2. The highest BCUT2D eigenvalue weighted by atomic mass is 16.4. The number of likely N-dealkylation sites (tertiary alicyclic amines) is 1. The molecule has 0 spiro atoms. The van der Waals surface area contributed by atoms with Crippen LogP contribution in [0.15, 0.2) is 24.3 Å². The summed E-state index contributed by atoms with van der Waals surface area (Å²) >= 11 is 0. The predicted octanol–water partition coefficient (Wildman–Crippen LogP) is 2.14. The number of hydrogen-bond donors (Lipinski definition) is 2. The van der Waals surface area contributed by atoms with Crippen LogP contribution in [0.5, 0.6) is 0 Å². The second-order valence-corrected chi connectivity index (χ2v) is 5.42. The van der Waals surface area contributed by atoms with Gasteiger partial charge in [-0.15, -0.1) is 0 Å². The maximum Gasteiger partial charge on any atom is 0.329 e. The number of amides is 2. The summed E-state index contributed by atoms with van der Waals surface area (Å²) in [6.07, 6.45) is 1.22. The van der Waals surface area contributed by atoms with Gasteiger partial charge < -0.3 is 15.3 Å². The van der Waals surface area contributed by atoms with E-state index in [0.29, 0.717) is 19.5 Å². The van der Waals surface area contributed by atoms with E-state index in [4.69, 9.17) is 0 Å². The van der Waals surface area contributed by atoms with Crippen molar-refractivity contribution in [2.24, 2.45) is 0 Å². The quantitative estimate of drug-likeness (QED) is 0.888. The maximum atomic E-state index is 12.2. The standard InChI is InChI=1S/C15H20N2O3/c1-11-6-3-4-7-12(11)10-16-14(20)17-9-5-8-15(17,2)13(18)19/h3-4,6-7H,5,8-10H2,1-2H3,(H,16,20)(H,18,19). The molecule has 2 amide bonds. The molecule has 0 bridgehead atoms. The van der Waals surface area contributed by atoms with Crippen molar-refractivity contribution in [1.82, 2.24) is 10.2 Å². The minimum Gasteiger partial charge on any atom is -0.480 e. The van der Waals surface area contributed by atoms with Gasteiger partial charge >= 0.3 is 12.0 Å². The number of rotatable bonds is 3. The van der Waals surface area contributed by atoms with E-state index < -0.39 is 11.5 Å². The molecule has 1 aromatic rings. The Labute approximate surface area is 118 Å². The Balaban J connectivity index is 2.02. The topological polar surface area (TPSA) is 69.6 Å². The molecule has 1 heterocycles. The molecule has 0 radical (unpaired) electrons. The van der Waals surface area contributed by atoms with Crippen molar-refractivity contribution in [3.05, 3.63) is 35.4 Å². The molecule has 1 unspecified atom stereocenters. The normalized spacial score (nSPS) is 21.8. The fraction of sp³-hybridized carbons (Fsp3) is 0.467. The second-order valence-electron chi connectivity index (χ2n) is 5.42. The molecule has 1 aliphatic rings. The number of aliphatic carboxylic acids is 1. The molecule has 2 rings (SSSR count). The molecule has 2 N–H and O–H groups in total. The van der Waals surface area contributed by atoms with Crippen molar-refractivity contribution in [1.29, 1.82) is 0 Å². The molecule has 108 valence electrons. The predicted molar refractivity (Wildman–Crippen MR) is 75.4 cm³/mol. The lowest BCUT2D eigenvalue weighted by Crippen LogP contribution is -2.53. The zero-order chi connectivity index (χ0) is 14.8. The SMILES string of the molecule is Cc1ccccc1CNC(=O)N1CCCC1(C)C(=O)O. The molecular formula is C15H20N2O3. The summed E-state index contributed by atoms with van der Waals surface area (Å²) in [7, 11) is 0. The highest BCUT2D eigenvalue weighted by Crippen LogP contribution is 2.29. The zero-order valence-corrected chi connectivity index (χ0v) is 11.8. The zero-order valence-electron chi connectivity index (χ0n) is 11.8. The summed E-state index contributed by atoms with van der Waals surface area (Å²) < 4.78 is 0. The molecule has 1 atom stereocenters. The van der Waals surface area contributed by atoms with E-state index in [-0.39, 0.29) is 6.03 Å². The van der Waals surface area contributed by atoms with Crippen molar-refractivity contribution in [3.8, 4) is 0 Å². The van der Waals surface area contributed by atoms with Crippen molar-refractivity contribution in [2.45, 2.75) is 38.8 Å². The third-order valence-electron chi connectivity index (χ3n) is 4.04. The Kier molecular flexibility index (Phi) is 3.97. The van der Waals surface area contributed by atoms with E-state index >= 15 is 0 Å². The van der Waals surface area contributed by atoms with Crippen molar-refractivity contribution in [2.75, 3.05) is 6.54 Å². The Morgan fingerprint density at radius 1 is 1.40 bits per heavy atom. The molecule has 20 heavy (non-hydrogen) atoms. The van der Waals surface area contributed by atoms with Gasteiger partial charge in [0.15, 0.2) is 0 Å². The summed E-state index contributed by atoms with van der Waals surface area (Å²) in [5.41, 5.74) is 1.06. The number of nitrogens with zero attached hydrogens (tertiary/aromatic N) is 1. The van der Waals surface area contributed by atoms with Crippen LogP contribution in [-0.2, 0) is 11.3 Å². The van der Waals surface area contributed by atoms with Crippen LogP contribution in [0.25, 0.3) is 0 Å². The van der Waals surface area contributed by atoms with Crippen LogP contribution in [0.3, 0.4) is 0 Å². The number of benzene rings is 1. The number of urea groups is 1. The van der Waals surface area contributed by atoms with Gasteiger partial charge in [-0.2, -0.15) is 0 Å². The van der Waals surface area contributed by atoms with Crippen LogP contribution in [0.2, 0.25) is 0 Å². The van der Waals surface area contributed by atoms with Crippen molar-refractivity contribution in [3.63, 3.8) is 0 Å². The van der Waals surface area contributed by atoms with Gasteiger partial charge in [-0.05, 0) is 37.8 Å². The monoisotopic (exact) mass is 276 g/mol. The van der Waals surface area contributed by atoms with E-state index in [9.17, 15) is 14.7 Å². The molecule has 0 aromatic heterocycles. The second kappa shape index (κ2) is 5.53. The first-order valence-electron chi connectivity index (χ1n) is 6.78. The molecule has 1 fully saturated rings.